The Bertz CT molecular complexity index is 568. The Morgan fingerprint density at radius 2 is 2.00 bits per heavy atom. The van der Waals surface area contributed by atoms with E-state index in [1.807, 2.05) is 11.8 Å². The van der Waals surface area contributed by atoms with Crippen LogP contribution in [0.5, 0.6) is 0 Å². The minimum Gasteiger partial charge on any atom is -0.371 e. The summed E-state index contributed by atoms with van der Waals surface area (Å²) in [7, 11) is 0. The molecule has 0 aromatic heterocycles. The first-order chi connectivity index (χ1) is 9.76. The Labute approximate surface area is 126 Å². The normalized spacial score (nSPS) is 17.0. The summed E-state index contributed by atoms with van der Waals surface area (Å²) in [5.41, 5.74) is 4.20. The quantitative estimate of drug-likeness (QED) is 0.810. The van der Waals surface area contributed by atoms with Gasteiger partial charge in [-0.1, -0.05) is 30.3 Å². The lowest BCUT2D eigenvalue weighted by atomic mass is 10.1. The summed E-state index contributed by atoms with van der Waals surface area (Å²) in [6, 6.07) is 17.7. The third-order valence-electron chi connectivity index (χ3n) is 3.89. The summed E-state index contributed by atoms with van der Waals surface area (Å²) in [5, 5.41) is 0.674. The summed E-state index contributed by atoms with van der Waals surface area (Å²) >= 11 is 2.04. The highest BCUT2D eigenvalue weighted by Gasteiger charge is 2.23. The van der Waals surface area contributed by atoms with E-state index in [1.165, 1.54) is 28.1 Å². The Kier molecular flexibility index (Phi) is 4.02. The molecule has 1 aliphatic rings. The molecule has 20 heavy (non-hydrogen) atoms. The van der Waals surface area contributed by atoms with Crippen LogP contribution in [0.15, 0.2) is 53.4 Å². The van der Waals surface area contributed by atoms with Gasteiger partial charge in [-0.2, -0.15) is 0 Å². The van der Waals surface area contributed by atoms with Crippen LogP contribution in [0.3, 0.4) is 0 Å². The molecule has 3 rings (SSSR count). The molecule has 0 N–H and O–H groups in total. The monoisotopic (exact) mass is 283 g/mol. The maximum atomic E-state index is 2.50. The van der Waals surface area contributed by atoms with Gasteiger partial charge in [-0.25, -0.2) is 0 Å². The van der Waals surface area contributed by atoms with Crippen LogP contribution in [0.2, 0.25) is 0 Å². The maximum absolute atomic E-state index is 2.50. The van der Waals surface area contributed by atoms with E-state index in [0.717, 1.165) is 13.1 Å². The Hall–Kier alpha value is -1.41. The topological polar surface area (TPSA) is 3.24 Å². The number of thioether (sulfide) groups is 1. The standard InChI is InChI=1S/C18H21NS/c1-3-19(16-9-6-7-14(2)11-16)13-17-12-15-8-4-5-10-18(15)20-17/h4-11,17H,3,12-13H2,1-2H3. The average Bonchev–Trinajstić information content (AvgIpc) is 2.87. The van der Waals surface area contributed by atoms with Crippen molar-refractivity contribution in [3.05, 3.63) is 59.7 Å². The van der Waals surface area contributed by atoms with Gasteiger partial charge in [0, 0.05) is 28.9 Å². The molecule has 1 heterocycles. The molecule has 0 saturated carbocycles. The number of fused-ring (bicyclic) bond motifs is 1. The summed E-state index contributed by atoms with van der Waals surface area (Å²) in [4.78, 5) is 3.97. The molecule has 0 saturated heterocycles. The van der Waals surface area contributed by atoms with Gasteiger partial charge in [0.25, 0.3) is 0 Å². The van der Waals surface area contributed by atoms with Crippen molar-refractivity contribution in [1.29, 1.82) is 0 Å². The van der Waals surface area contributed by atoms with Crippen molar-refractivity contribution in [1.82, 2.24) is 0 Å². The number of hydrogen-bond acceptors (Lipinski definition) is 2. The van der Waals surface area contributed by atoms with Crippen LogP contribution >= 0.6 is 11.8 Å². The predicted octanol–water partition coefficient (Wildman–Crippen LogP) is 4.54. The van der Waals surface area contributed by atoms with Crippen molar-refractivity contribution in [3.63, 3.8) is 0 Å². The molecule has 0 aliphatic carbocycles. The van der Waals surface area contributed by atoms with Gasteiger partial charge in [-0.3, -0.25) is 0 Å². The minimum atomic E-state index is 0.674. The first kappa shape index (κ1) is 13.6. The van der Waals surface area contributed by atoms with E-state index in [4.69, 9.17) is 0 Å². The zero-order valence-corrected chi connectivity index (χ0v) is 13.0. The molecule has 0 spiro atoms. The number of aryl methyl sites for hydroxylation is 1. The zero-order chi connectivity index (χ0) is 13.9. The molecule has 2 aromatic carbocycles. The van der Waals surface area contributed by atoms with Gasteiger partial charge in [0.15, 0.2) is 0 Å². The van der Waals surface area contributed by atoms with Gasteiger partial charge in [0.05, 0.1) is 0 Å². The van der Waals surface area contributed by atoms with Crippen molar-refractivity contribution in [3.8, 4) is 0 Å². The van der Waals surface area contributed by atoms with Gasteiger partial charge < -0.3 is 4.90 Å². The molecule has 0 amide bonds. The van der Waals surface area contributed by atoms with Crippen molar-refractivity contribution in [2.75, 3.05) is 18.0 Å². The second kappa shape index (κ2) is 5.92. The summed E-state index contributed by atoms with van der Waals surface area (Å²) in [6.45, 7) is 6.60. The van der Waals surface area contributed by atoms with Crippen molar-refractivity contribution in [2.24, 2.45) is 0 Å². The number of rotatable bonds is 4. The fourth-order valence-electron chi connectivity index (χ4n) is 2.84. The van der Waals surface area contributed by atoms with Gasteiger partial charge in [0.2, 0.25) is 0 Å². The number of hydrogen-bond donors (Lipinski definition) is 0. The Balaban J connectivity index is 1.71. The molecular formula is C18H21NS. The molecule has 1 aliphatic heterocycles. The third-order valence-corrected chi connectivity index (χ3v) is 5.19. The smallest absolute Gasteiger partial charge is 0.0369 e. The van der Waals surface area contributed by atoms with Crippen LogP contribution in [-0.4, -0.2) is 18.3 Å². The van der Waals surface area contributed by atoms with Crippen LogP contribution in [0.4, 0.5) is 5.69 Å². The van der Waals surface area contributed by atoms with Crippen LogP contribution < -0.4 is 4.90 Å². The van der Waals surface area contributed by atoms with E-state index < -0.39 is 0 Å². The number of benzene rings is 2. The highest BCUT2D eigenvalue weighted by atomic mass is 32.2. The maximum Gasteiger partial charge on any atom is 0.0369 e. The lowest BCUT2D eigenvalue weighted by molar-refractivity contribution is 0.768. The van der Waals surface area contributed by atoms with E-state index in [0.29, 0.717) is 5.25 Å². The first-order valence-corrected chi connectivity index (χ1v) is 8.20. The molecule has 0 fully saturated rings. The molecule has 104 valence electrons. The van der Waals surface area contributed by atoms with Crippen LogP contribution in [0, 0.1) is 6.92 Å². The van der Waals surface area contributed by atoms with E-state index in [1.54, 1.807) is 0 Å². The molecule has 0 bridgehead atoms. The molecular weight excluding hydrogens is 262 g/mol. The van der Waals surface area contributed by atoms with E-state index in [-0.39, 0.29) is 0 Å². The average molecular weight is 283 g/mol. The van der Waals surface area contributed by atoms with E-state index in [9.17, 15) is 0 Å². The van der Waals surface area contributed by atoms with Gasteiger partial charge in [-0.15, -0.1) is 11.8 Å². The fourth-order valence-corrected chi connectivity index (χ4v) is 4.18. The second-order valence-corrected chi connectivity index (χ2v) is 6.77. The third kappa shape index (κ3) is 2.85. The summed E-state index contributed by atoms with van der Waals surface area (Å²) in [6.07, 6.45) is 1.20. The van der Waals surface area contributed by atoms with E-state index in [2.05, 4.69) is 67.3 Å². The van der Waals surface area contributed by atoms with E-state index >= 15 is 0 Å². The van der Waals surface area contributed by atoms with Gasteiger partial charge in [-0.05, 0) is 49.6 Å². The molecule has 2 heteroatoms. The first-order valence-electron chi connectivity index (χ1n) is 7.32. The molecule has 2 aromatic rings. The van der Waals surface area contributed by atoms with Gasteiger partial charge in [0.1, 0.15) is 0 Å². The molecule has 1 unspecified atom stereocenters. The summed E-state index contributed by atoms with van der Waals surface area (Å²) < 4.78 is 0. The van der Waals surface area contributed by atoms with Crippen LogP contribution in [0.1, 0.15) is 18.1 Å². The van der Waals surface area contributed by atoms with Crippen molar-refractivity contribution < 1.29 is 0 Å². The van der Waals surface area contributed by atoms with Crippen molar-refractivity contribution >= 4 is 17.4 Å². The lowest BCUT2D eigenvalue weighted by Crippen LogP contribution is -2.30. The molecule has 0 radical (unpaired) electrons. The molecule has 1 nitrogen and oxygen atoms in total. The minimum absolute atomic E-state index is 0.674. The lowest BCUT2D eigenvalue weighted by Gasteiger charge is -2.26. The largest absolute Gasteiger partial charge is 0.371 e. The number of anilines is 1. The fraction of sp³-hybridized carbons (Fsp3) is 0.333. The van der Waals surface area contributed by atoms with Crippen LogP contribution in [0.25, 0.3) is 0 Å². The zero-order valence-electron chi connectivity index (χ0n) is 12.2. The molecule has 1 atom stereocenters. The highest BCUT2D eigenvalue weighted by Crippen LogP contribution is 2.37. The Morgan fingerprint density at radius 1 is 1.15 bits per heavy atom. The van der Waals surface area contributed by atoms with Gasteiger partial charge >= 0.3 is 0 Å². The van der Waals surface area contributed by atoms with Crippen LogP contribution in [-0.2, 0) is 6.42 Å². The Morgan fingerprint density at radius 3 is 2.75 bits per heavy atom. The number of nitrogens with zero attached hydrogens (tertiary/aromatic N) is 1. The predicted molar refractivity (Wildman–Crippen MR) is 88.9 cm³/mol. The SMILES string of the molecule is CCN(CC1Cc2ccccc2S1)c1cccc(C)c1. The summed E-state index contributed by atoms with van der Waals surface area (Å²) in [5.74, 6) is 0. The highest BCUT2D eigenvalue weighted by molar-refractivity contribution is 8.00. The second-order valence-electron chi connectivity index (χ2n) is 5.43. The van der Waals surface area contributed by atoms with Crippen molar-refractivity contribution in [2.45, 2.75) is 30.4 Å².